The second kappa shape index (κ2) is 5.59. The highest BCUT2D eigenvalue weighted by Crippen LogP contribution is 2.18. The maximum absolute atomic E-state index is 12.2. The number of nitrogens with one attached hydrogen (secondary N) is 1. The molecule has 1 atom stereocenters. The molecule has 0 aliphatic carbocycles. The van der Waals surface area contributed by atoms with Crippen LogP contribution in [0.3, 0.4) is 0 Å². The molecule has 1 aliphatic heterocycles. The molecule has 1 aromatic rings. The Morgan fingerprint density at radius 1 is 1.50 bits per heavy atom. The lowest BCUT2D eigenvalue weighted by atomic mass is 10.2. The van der Waals surface area contributed by atoms with Crippen LogP contribution in [0, 0.1) is 0 Å². The maximum Gasteiger partial charge on any atom is 0.360 e. The number of ether oxygens (including phenoxy) is 1. The van der Waals surface area contributed by atoms with Gasteiger partial charge in [0.25, 0.3) is 5.56 Å². The number of nitrogens with zero attached hydrogens (tertiary/aromatic N) is 3. The predicted octanol–water partition coefficient (Wildman–Crippen LogP) is -1.06. The normalized spacial score (nSPS) is 19.2. The third-order valence-electron chi connectivity index (χ3n) is 3.41. The Balaban J connectivity index is 2.64. The van der Waals surface area contributed by atoms with Crippen LogP contribution in [-0.4, -0.2) is 59.8 Å². The van der Waals surface area contributed by atoms with Gasteiger partial charge in [-0.2, -0.15) is 0 Å². The SMILES string of the molecule is CNC1CN(C)CCn2c1nc(C(=O)OC)c(O)c2=O. The van der Waals surface area contributed by atoms with Gasteiger partial charge in [-0.3, -0.25) is 9.36 Å². The summed E-state index contributed by atoms with van der Waals surface area (Å²) in [4.78, 5) is 30.0. The van der Waals surface area contributed by atoms with E-state index in [2.05, 4.69) is 15.0 Å². The minimum absolute atomic E-state index is 0.209. The molecule has 20 heavy (non-hydrogen) atoms. The van der Waals surface area contributed by atoms with Crippen LogP contribution in [0.25, 0.3) is 0 Å². The summed E-state index contributed by atoms with van der Waals surface area (Å²) >= 11 is 0. The van der Waals surface area contributed by atoms with Crippen LogP contribution in [0.1, 0.15) is 22.4 Å². The molecule has 110 valence electrons. The Morgan fingerprint density at radius 2 is 2.20 bits per heavy atom. The summed E-state index contributed by atoms with van der Waals surface area (Å²) in [5.41, 5.74) is -0.959. The predicted molar refractivity (Wildman–Crippen MR) is 70.8 cm³/mol. The van der Waals surface area contributed by atoms with Crippen LogP contribution in [0.4, 0.5) is 0 Å². The number of esters is 1. The number of likely N-dealkylation sites (N-methyl/N-ethyl adjacent to an activating group) is 2. The molecule has 2 N–H and O–H groups in total. The highest BCUT2D eigenvalue weighted by molar-refractivity contribution is 5.89. The van der Waals surface area contributed by atoms with Crippen molar-refractivity contribution in [3.05, 3.63) is 21.9 Å². The van der Waals surface area contributed by atoms with E-state index in [1.807, 2.05) is 11.9 Å². The zero-order chi connectivity index (χ0) is 14.9. The first-order valence-electron chi connectivity index (χ1n) is 6.27. The molecule has 0 saturated heterocycles. The molecule has 0 bridgehead atoms. The van der Waals surface area contributed by atoms with Gasteiger partial charge >= 0.3 is 5.97 Å². The molecule has 0 saturated carbocycles. The van der Waals surface area contributed by atoms with Gasteiger partial charge in [0.2, 0.25) is 5.75 Å². The average molecular weight is 282 g/mol. The molecule has 1 aromatic heterocycles. The Morgan fingerprint density at radius 3 is 2.80 bits per heavy atom. The molecule has 1 unspecified atom stereocenters. The molecule has 0 aromatic carbocycles. The molecule has 8 heteroatoms. The zero-order valence-electron chi connectivity index (χ0n) is 11.7. The van der Waals surface area contributed by atoms with Gasteiger partial charge in [-0.25, -0.2) is 9.78 Å². The summed E-state index contributed by atoms with van der Waals surface area (Å²) in [6, 6.07) is -0.209. The van der Waals surface area contributed by atoms with E-state index in [9.17, 15) is 14.7 Å². The first-order chi connectivity index (χ1) is 9.49. The minimum atomic E-state index is -0.824. The number of aromatic nitrogens is 2. The van der Waals surface area contributed by atoms with Crippen molar-refractivity contribution in [1.82, 2.24) is 19.8 Å². The average Bonchev–Trinajstić information content (AvgIpc) is 2.61. The summed E-state index contributed by atoms with van der Waals surface area (Å²) in [6.45, 7) is 1.71. The zero-order valence-corrected chi connectivity index (χ0v) is 11.7. The van der Waals surface area contributed by atoms with Crippen molar-refractivity contribution in [3.8, 4) is 5.75 Å². The van der Waals surface area contributed by atoms with Crippen molar-refractivity contribution in [2.45, 2.75) is 12.6 Å². The lowest BCUT2D eigenvalue weighted by molar-refractivity contribution is 0.0588. The van der Waals surface area contributed by atoms with E-state index >= 15 is 0 Å². The van der Waals surface area contributed by atoms with Crippen LogP contribution < -0.4 is 10.9 Å². The summed E-state index contributed by atoms with van der Waals surface area (Å²) in [5.74, 6) is -1.06. The molecule has 1 aliphatic rings. The third kappa shape index (κ3) is 2.39. The van der Waals surface area contributed by atoms with Crippen LogP contribution in [0.15, 0.2) is 4.79 Å². The second-order valence-corrected chi connectivity index (χ2v) is 4.72. The van der Waals surface area contributed by atoms with Crippen LogP contribution >= 0.6 is 0 Å². The van der Waals surface area contributed by atoms with Gasteiger partial charge in [0.05, 0.1) is 13.2 Å². The fourth-order valence-corrected chi connectivity index (χ4v) is 2.26. The van der Waals surface area contributed by atoms with Gasteiger partial charge in [-0.05, 0) is 14.1 Å². The summed E-state index contributed by atoms with van der Waals surface area (Å²) in [5, 5.41) is 12.9. The van der Waals surface area contributed by atoms with Gasteiger partial charge < -0.3 is 20.1 Å². The van der Waals surface area contributed by atoms with Gasteiger partial charge in [0.1, 0.15) is 5.82 Å². The van der Waals surface area contributed by atoms with Gasteiger partial charge in [0, 0.05) is 19.6 Å². The van der Waals surface area contributed by atoms with E-state index in [1.54, 1.807) is 7.05 Å². The smallest absolute Gasteiger partial charge is 0.360 e. The maximum atomic E-state index is 12.2. The topological polar surface area (TPSA) is 96.7 Å². The fraction of sp³-hybridized carbons (Fsp3) is 0.583. The van der Waals surface area contributed by atoms with E-state index in [0.29, 0.717) is 25.5 Å². The van der Waals surface area contributed by atoms with E-state index < -0.39 is 17.3 Å². The number of hydrogen-bond donors (Lipinski definition) is 2. The van der Waals surface area contributed by atoms with Crippen molar-refractivity contribution >= 4 is 5.97 Å². The van der Waals surface area contributed by atoms with Crippen molar-refractivity contribution in [2.75, 3.05) is 34.3 Å². The Hall–Kier alpha value is -1.93. The number of aromatic hydroxyl groups is 1. The molecular weight excluding hydrogens is 264 g/mol. The third-order valence-corrected chi connectivity index (χ3v) is 3.41. The molecular formula is C12H18N4O4. The summed E-state index contributed by atoms with van der Waals surface area (Å²) in [7, 11) is 4.86. The van der Waals surface area contributed by atoms with Crippen LogP contribution in [0.2, 0.25) is 0 Å². The van der Waals surface area contributed by atoms with Crippen molar-refractivity contribution in [3.63, 3.8) is 0 Å². The molecule has 2 heterocycles. The Bertz CT molecular complexity index is 584. The first-order valence-corrected chi connectivity index (χ1v) is 6.27. The molecule has 8 nitrogen and oxygen atoms in total. The highest BCUT2D eigenvalue weighted by Gasteiger charge is 2.28. The minimum Gasteiger partial charge on any atom is -0.501 e. The van der Waals surface area contributed by atoms with E-state index in [4.69, 9.17) is 0 Å². The lowest BCUT2D eigenvalue weighted by Crippen LogP contribution is -2.33. The first kappa shape index (κ1) is 14.5. The lowest BCUT2D eigenvalue weighted by Gasteiger charge is -2.19. The van der Waals surface area contributed by atoms with Gasteiger partial charge in [0.15, 0.2) is 5.69 Å². The van der Waals surface area contributed by atoms with Crippen molar-refractivity contribution < 1.29 is 14.6 Å². The number of carbonyl (C=O) groups excluding carboxylic acids is 1. The largest absolute Gasteiger partial charge is 0.501 e. The summed E-state index contributed by atoms with van der Waals surface area (Å²) < 4.78 is 5.94. The fourth-order valence-electron chi connectivity index (χ4n) is 2.26. The standard InChI is InChI=1S/C12H18N4O4/c1-13-7-6-15(2)4-5-16-10(7)14-8(12(19)20-3)9(17)11(16)18/h7,13,17H,4-6H2,1-3H3. The van der Waals surface area contributed by atoms with E-state index in [1.165, 1.54) is 11.7 Å². The number of hydrogen-bond acceptors (Lipinski definition) is 7. The molecule has 0 radical (unpaired) electrons. The van der Waals surface area contributed by atoms with Gasteiger partial charge in [-0.1, -0.05) is 0 Å². The number of carbonyl (C=O) groups is 1. The van der Waals surface area contributed by atoms with E-state index in [0.717, 1.165) is 0 Å². The molecule has 0 amide bonds. The van der Waals surface area contributed by atoms with Crippen molar-refractivity contribution in [1.29, 1.82) is 0 Å². The van der Waals surface area contributed by atoms with Crippen molar-refractivity contribution in [2.24, 2.45) is 0 Å². The molecule has 2 rings (SSSR count). The quantitative estimate of drug-likeness (QED) is 0.667. The number of methoxy groups -OCH3 is 1. The van der Waals surface area contributed by atoms with Crippen LogP contribution in [0.5, 0.6) is 5.75 Å². The highest BCUT2D eigenvalue weighted by atomic mass is 16.5. The second-order valence-electron chi connectivity index (χ2n) is 4.72. The Labute approximate surface area is 116 Å². The monoisotopic (exact) mass is 282 g/mol. The van der Waals surface area contributed by atoms with Crippen LogP contribution in [-0.2, 0) is 11.3 Å². The van der Waals surface area contributed by atoms with E-state index in [-0.39, 0.29) is 11.7 Å². The van der Waals surface area contributed by atoms with Gasteiger partial charge in [-0.15, -0.1) is 0 Å². The Kier molecular flexibility index (Phi) is 4.05. The summed E-state index contributed by atoms with van der Waals surface area (Å²) in [6.07, 6.45) is 0. The number of rotatable bonds is 2. The molecule has 0 fully saturated rings. The number of fused-ring (bicyclic) bond motifs is 1. The molecule has 0 spiro atoms.